The first-order valence-electron chi connectivity index (χ1n) is 3.84. The molecule has 1 nitrogen and oxygen atoms in total. The molecule has 1 aliphatic rings. The summed E-state index contributed by atoms with van der Waals surface area (Å²) in [6, 6.07) is 0.604. The van der Waals surface area contributed by atoms with Crippen LogP contribution in [0, 0.1) is 0 Å². The van der Waals surface area contributed by atoms with Crippen molar-refractivity contribution in [1.29, 1.82) is 0 Å². The molecule has 0 saturated carbocycles. The van der Waals surface area contributed by atoms with Gasteiger partial charge in [-0.2, -0.15) is 0 Å². The molecule has 0 aromatic rings. The molecule has 0 aliphatic carbocycles. The zero-order chi connectivity index (χ0) is 8.48. The predicted molar refractivity (Wildman–Crippen MR) is 55.4 cm³/mol. The molecular weight excluding hydrogens is 174 g/mol. The highest BCUT2D eigenvalue weighted by Crippen LogP contribution is 2.40. The maximum atomic E-state index is 2.41. The van der Waals surface area contributed by atoms with Crippen LogP contribution in [0.4, 0.5) is 0 Å². The number of rotatable bonds is 1. The molecule has 0 atom stereocenters. The Bertz CT molecular complexity index is 163. The molecule has 0 bridgehead atoms. The van der Waals surface area contributed by atoms with Gasteiger partial charge in [0.05, 0.1) is 0 Å². The minimum Gasteiger partial charge on any atom is -0.229 e. The zero-order valence-corrected chi connectivity index (χ0v) is 9.13. The fourth-order valence-electron chi connectivity index (χ4n) is 1.19. The van der Waals surface area contributed by atoms with E-state index in [2.05, 4.69) is 43.5 Å². The summed E-state index contributed by atoms with van der Waals surface area (Å²) in [5, 5.41) is 2.17. The van der Waals surface area contributed by atoms with E-state index in [1.54, 1.807) is 10.8 Å². The summed E-state index contributed by atoms with van der Waals surface area (Å²) in [5.41, 5.74) is 0.212. The van der Waals surface area contributed by atoms with E-state index in [1.807, 2.05) is 11.0 Å². The van der Waals surface area contributed by atoms with Gasteiger partial charge in [0.15, 0.2) is 0 Å². The SMILES string of the molecule is CC(C)N1SSC=CC1(C)C. The topological polar surface area (TPSA) is 3.24 Å². The van der Waals surface area contributed by atoms with E-state index >= 15 is 0 Å². The molecule has 1 heterocycles. The highest BCUT2D eigenvalue weighted by molar-refractivity contribution is 8.77. The molecule has 0 aromatic heterocycles. The summed E-state index contributed by atoms with van der Waals surface area (Å²) in [6.45, 7) is 8.95. The van der Waals surface area contributed by atoms with Crippen molar-refractivity contribution in [2.75, 3.05) is 0 Å². The highest BCUT2D eigenvalue weighted by Gasteiger charge is 2.29. The van der Waals surface area contributed by atoms with Crippen LogP contribution in [0.25, 0.3) is 0 Å². The van der Waals surface area contributed by atoms with E-state index < -0.39 is 0 Å². The molecule has 0 N–H and O–H groups in total. The number of hydrogen-bond donors (Lipinski definition) is 0. The van der Waals surface area contributed by atoms with Gasteiger partial charge in [0.2, 0.25) is 0 Å². The van der Waals surface area contributed by atoms with Crippen LogP contribution in [0.5, 0.6) is 0 Å². The smallest absolute Gasteiger partial charge is 0.0455 e. The van der Waals surface area contributed by atoms with Gasteiger partial charge in [0.25, 0.3) is 0 Å². The predicted octanol–water partition coefficient (Wildman–Crippen LogP) is 3.30. The molecule has 0 aromatic carbocycles. The van der Waals surface area contributed by atoms with Gasteiger partial charge < -0.3 is 0 Å². The Hall–Kier alpha value is 0.400. The molecule has 0 unspecified atom stereocenters. The van der Waals surface area contributed by atoms with Gasteiger partial charge in [-0.3, -0.25) is 0 Å². The quantitative estimate of drug-likeness (QED) is 0.460. The van der Waals surface area contributed by atoms with E-state index in [-0.39, 0.29) is 5.54 Å². The van der Waals surface area contributed by atoms with E-state index in [4.69, 9.17) is 0 Å². The molecule has 11 heavy (non-hydrogen) atoms. The third-order valence-corrected chi connectivity index (χ3v) is 4.15. The Kier molecular flexibility index (Phi) is 2.95. The van der Waals surface area contributed by atoms with Gasteiger partial charge in [-0.05, 0) is 54.9 Å². The molecule has 0 saturated heterocycles. The molecule has 0 radical (unpaired) electrons. The maximum Gasteiger partial charge on any atom is 0.0455 e. The average Bonchev–Trinajstić information content (AvgIpc) is 1.85. The van der Waals surface area contributed by atoms with Crippen molar-refractivity contribution in [3.05, 3.63) is 11.5 Å². The van der Waals surface area contributed by atoms with Crippen molar-refractivity contribution in [3.8, 4) is 0 Å². The molecule has 0 spiro atoms. The van der Waals surface area contributed by atoms with Gasteiger partial charge in [-0.15, -0.1) is 0 Å². The van der Waals surface area contributed by atoms with Crippen LogP contribution in [0.3, 0.4) is 0 Å². The summed E-state index contributed by atoms with van der Waals surface area (Å²) in [6.07, 6.45) is 2.26. The second-order valence-corrected chi connectivity index (χ2v) is 5.58. The fraction of sp³-hybridized carbons (Fsp3) is 0.750. The van der Waals surface area contributed by atoms with Crippen molar-refractivity contribution in [3.63, 3.8) is 0 Å². The normalized spacial score (nSPS) is 24.5. The molecule has 3 heteroatoms. The largest absolute Gasteiger partial charge is 0.229 e. The molecular formula is C8H15NS2. The van der Waals surface area contributed by atoms with Crippen molar-refractivity contribution >= 4 is 21.8 Å². The molecule has 1 rings (SSSR count). The van der Waals surface area contributed by atoms with E-state index in [9.17, 15) is 0 Å². The molecule has 1 aliphatic heterocycles. The standard InChI is InChI=1S/C8H15NS2/c1-7(2)9-8(3,4)5-6-10-11-9/h5-7H,1-4H3. The molecule has 0 amide bonds. The minimum absolute atomic E-state index is 0.212. The lowest BCUT2D eigenvalue weighted by atomic mass is 10.1. The average molecular weight is 189 g/mol. The Morgan fingerprint density at radius 2 is 2.00 bits per heavy atom. The Morgan fingerprint density at radius 1 is 1.36 bits per heavy atom. The first-order valence-corrected chi connectivity index (χ1v) is 6.01. The van der Waals surface area contributed by atoms with Gasteiger partial charge >= 0.3 is 0 Å². The first-order chi connectivity index (χ1) is 5.04. The summed E-state index contributed by atoms with van der Waals surface area (Å²) in [5.74, 6) is 0. The third kappa shape index (κ3) is 2.17. The Labute approximate surface area is 77.1 Å². The second-order valence-electron chi connectivity index (χ2n) is 3.55. The third-order valence-electron chi connectivity index (χ3n) is 1.69. The first kappa shape index (κ1) is 9.49. The van der Waals surface area contributed by atoms with Crippen LogP contribution in [-0.4, -0.2) is 15.9 Å². The van der Waals surface area contributed by atoms with Crippen molar-refractivity contribution in [1.82, 2.24) is 4.31 Å². The molecule has 0 fully saturated rings. The summed E-state index contributed by atoms with van der Waals surface area (Å²) >= 11 is 0. The van der Waals surface area contributed by atoms with E-state index in [1.165, 1.54) is 0 Å². The van der Waals surface area contributed by atoms with Gasteiger partial charge in [-0.1, -0.05) is 6.08 Å². The lowest BCUT2D eigenvalue weighted by Crippen LogP contribution is -2.42. The van der Waals surface area contributed by atoms with Crippen molar-refractivity contribution < 1.29 is 0 Å². The summed E-state index contributed by atoms with van der Waals surface area (Å²) < 4.78 is 2.41. The van der Waals surface area contributed by atoms with Crippen molar-refractivity contribution in [2.24, 2.45) is 0 Å². The second kappa shape index (κ2) is 3.42. The van der Waals surface area contributed by atoms with Crippen LogP contribution in [0.2, 0.25) is 0 Å². The van der Waals surface area contributed by atoms with Gasteiger partial charge in [0, 0.05) is 11.6 Å². The lowest BCUT2D eigenvalue weighted by Gasteiger charge is -2.39. The summed E-state index contributed by atoms with van der Waals surface area (Å²) in [4.78, 5) is 0. The van der Waals surface area contributed by atoms with Crippen LogP contribution >= 0.6 is 21.8 Å². The van der Waals surface area contributed by atoms with Gasteiger partial charge in [0.1, 0.15) is 0 Å². The monoisotopic (exact) mass is 189 g/mol. The summed E-state index contributed by atoms with van der Waals surface area (Å²) in [7, 11) is 3.64. The fourth-order valence-corrected chi connectivity index (χ4v) is 3.83. The minimum atomic E-state index is 0.212. The van der Waals surface area contributed by atoms with E-state index in [0.29, 0.717) is 6.04 Å². The molecule has 64 valence electrons. The van der Waals surface area contributed by atoms with E-state index in [0.717, 1.165) is 0 Å². The number of nitrogens with zero attached hydrogens (tertiary/aromatic N) is 1. The zero-order valence-electron chi connectivity index (χ0n) is 7.50. The maximum absolute atomic E-state index is 2.41. The number of hydrogen-bond acceptors (Lipinski definition) is 3. The Morgan fingerprint density at radius 3 is 2.36 bits per heavy atom. The highest BCUT2D eigenvalue weighted by atomic mass is 33.1. The van der Waals surface area contributed by atoms with Gasteiger partial charge in [-0.25, -0.2) is 4.31 Å². The Balaban J connectivity index is 2.72. The van der Waals surface area contributed by atoms with Crippen LogP contribution in [0.15, 0.2) is 11.5 Å². The van der Waals surface area contributed by atoms with Crippen LogP contribution in [0.1, 0.15) is 27.7 Å². The van der Waals surface area contributed by atoms with Crippen molar-refractivity contribution in [2.45, 2.75) is 39.3 Å². The van der Waals surface area contributed by atoms with Crippen LogP contribution < -0.4 is 0 Å². The lowest BCUT2D eigenvalue weighted by molar-refractivity contribution is 0.265. The van der Waals surface area contributed by atoms with Crippen LogP contribution in [-0.2, 0) is 0 Å².